The van der Waals surface area contributed by atoms with Crippen LogP contribution in [-0.4, -0.2) is 26.2 Å². The molecule has 1 heterocycles. The van der Waals surface area contributed by atoms with E-state index in [1.807, 2.05) is 51.1 Å². The smallest absolute Gasteiger partial charge is 0.291 e. The summed E-state index contributed by atoms with van der Waals surface area (Å²) in [6, 6.07) is 9.93. The molecule has 5 nitrogen and oxygen atoms in total. The predicted octanol–water partition coefficient (Wildman–Crippen LogP) is 1.85. The maximum Gasteiger partial charge on any atom is 0.291 e. The Labute approximate surface area is 112 Å². The number of carbonyl (C=O) groups excluding carboxylic acids is 1. The Morgan fingerprint density at radius 3 is 2.58 bits per heavy atom. The second-order valence-corrected chi connectivity index (χ2v) is 5.46. The molecule has 1 aromatic carbocycles. The molecule has 0 fully saturated rings. The maximum absolute atomic E-state index is 11.9. The monoisotopic (exact) mass is 258 g/mol. The van der Waals surface area contributed by atoms with E-state index in [0.717, 1.165) is 5.56 Å². The molecule has 19 heavy (non-hydrogen) atoms. The van der Waals surface area contributed by atoms with E-state index in [9.17, 15) is 4.79 Å². The number of carbonyl (C=O) groups is 1. The number of rotatable bonds is 3. The molecule has 1 N–H and O–H groups in total. The lowest BCUT2D eigenvalue weighted by Gasteiger charge is -2.18. The summed E-state index contributed by atoms with van der Waals surface area (Å²) >= 11 is 0. The van der Waals surface area contributed by atoms with Crippen molar-refractivity contribution in [3.8, 4) is 0 Å². The second kappa shape index (κ2) is 5.22. The summed E-state index contributed by atoms with van der Waals surface area (Å²) < 4.78 is 1.66. The SMILES string of the molecule is CC(C)(C)NC(=O)c1ncn(Cc2ccccc2)n1. The molecule has 0 saturated carbocycles. The highest BCUT2D eigenvalue weighted by molar-refractivity contribution is 5.90. The van der Waals surface area contributed by atoms with E-state index in [1.165, 1.54) is 0 Å². The number of nitrogens with one attached hydrogen (secondary N) is 1. The van der Waals surface area contributed by atoms with Crippen LogP contribution in [0.1, 0.15) is 37.0 Å². The van der Waals surface area contributed by atoms with Gasteiger partial charge in [0, 0.05) is 5.54 Å². The minimum atomic E-state index is -0.290. The zero-order valence-electron chi connectivity index (χ0n) is 11.4. The van der Waals surface area contributed by atoms with Crippen molar-refractivity contribution in [1.82, 2.24) is 20.1 Å². The first-order valence-corrected chi connectivity index (χ1v) is 6.20. The van der Waals surface area contributed by atoms with Gasteiger partial charge in [0.1, 0.15) is 6.33 Å². The molecule has 0 aliphatic rings. The van der Waals surface area contributed by atoms with Gasteiger partial charge in [-0.25, -0.2) is 9.67 Å². The van der Waals surface area contributed by atoms with Crippen molar-refractivity contribution >= 4 is 5.91 Å². The number of hydrogen-bond donors (Lipinski definition) is 1. The van der Waals surface area contributed by atoms with Crippen LogP contribution in [0.4, 0.5) is 0 Å². The van der Waals surface area contributed by atoms with E-state index >= 15 is 0 Å². The lowest BCUT2D eigenvalue weighted by Crippen LogP contribution is -2.41. The molecule has 5 heteroatoms. The summed E-state index contributed by atoms with van der Waals surface area (Å²) in [6.45, 7) is 6.38. The average molecular weight is 258 g/mol. The predicted molar refractivity (Wildman–Crippen MR) is 72.8 cm³/mol. The van der Waals surface area contributed by atoms with Gasteiger partial charge in [-0.3, -0.25) is 4.79 Å². The third-order valence-electron chi connectivity index (χ3n) is 2.42. The molecule has 0 radical (unpaired) electrons. The fraction of sp³-hybridized carbons (Fsp3) is 0.357. The largest absolute Gasteiger partial charge is 0.345 e. The molecular weight excluding hydrogens is 240 g/mol. The van der Waals surface area contributed by atoms with Crippen molar-refractivity contribution < 1.29 is 4.79 Å². The highest BCUT2D eigenvalue weighted by atomic mass is 16.2. The van der Waals surface area contributed by atoms with Crippen molar-refractivity contribution in [2.24, 2.45) is 0 Å². The Bertz CT molecular complexity index is 554. The van der Waals surface area contributed by atoms with Crippen LogP contribution in [0.5, 0.6) is 0 Å². The van der Waals surface area contributed by atoms with Crippen LogP contribution < -0.4 is 5.32 Å². The van der Waals surface area contributed by atoms with Gasteiger partial charge in [0.25, 0.3) is 5.91 Å². The van der Waals surface area contributed by atoms with E-state index in [2.05, 4.69) is 15.4 Å². The van der Waals surface area contributed by atoms with E-state index < -0.39 is 0 Å². The molecule has 0 saturated heterocycles. The molecule has 100 valence electrons. The molecule has 0 bridgehead atoms. The van der Waals surface area contributed by atoms with Gasteiger partial charge in [0.05, 0.1) is 6.54 Å². The number of aromatic nitrogens is 3. The van der Waals surface area contributed by atoms with Crippen LogP contribution in [0.25, 0.3) is 0 Å². The first-order valence-electron chi connectivity index (χ1n) is 6.20. The third kappa shape index (κ3) is 3.91. The first kappa shape index (κ1) is 13.3. The summed E-state index contributed by atoms with van der Waals surface area (Å²) in [7, 11) is 0. The summed E-state index contributed by atoms with van der Waals surface area (Å²) in [5.74, 6) is -0.0508. The molecule has 2 aromatic rings. The van der Waals surface area contributed by atoms with Crippen LogP contribution in [0.3, 0.4) is 0 Å². The van der Waals surface area contributed by atoms with E-state index in [1.54, 1.807) is 11.0 Å². The van der Waals surface area contributed by atoms with Crippen LogP contribution in [0.15, 0.2) is 36.7 Å². The zero-order chi connectivity index (χ0) is 13.9. The van der Waals surface area contributed by atoms with Gasteiger partial charge >= 0.3 is 0 Å². The number of amides is 1. The quantitative estimate of drug-likeness (QED) is 0.914. The van der Waals surface area contributed by atoms with Crippen molar-refractivity contribution in [3.63, 3.8) is 0 Å². The van der Waals surface area contributed by atoms with Crippen molar-refractivity contribution in [1.29, 1.82) is 0 Å². The Morgan fingerprint density at radius 1 is 1.26 bits per heavy atom. The van der Waals surface area contributed by atoms with E-state index in [-0.39, 0.29) is 17.3 Å². The maximum atomic E-state index is 11.9. The average Bonchev–Trinajstić information content (AvgIpc) is 2.77. The number of nitrogens with zero attached hydrogens (tertiary/aromatic N) is 3. The second-order valence-electron chi connectivity index (χ2n) is 5.46. The van der Waals surface area contributed by atoms with Gasteiger partial charge in [0.2, 0.25) is 5.82 Å². The van der Waals surface area contributed by atoms with Crippen molar-refractivity contribution in [2.75, 3.05) is 0 Å². The van der Waals surface area contributed by atoms with Gasteiger partial charge in [-0.2, -0.15) is 0 Å². The molecule has 1 amide bonds. The van der Waals surface area contributed by atoms with Crippen LogP contribution in [0, 0.1) is 0 Å². The fourth-order valence-electron chi connectivity index (χ4n) is 1.64. The van der Waals surface area contributed by atoms with Gasteiger partial charge in [-0.1, -0.05) is 30.3 Å². The lowest BCUT2D eigenvalue weighted by atomic mass is 10.1. The highest BCUT2D eigenvalue weighted by Crippen LogP contribution is 2.03. The minimum absolute atomic E-state index is 0.200. The molecule has 1 aromatic heterocycles. The van der Waals surface area contributed by atoms with Crippen molar-refractivity contribution in [3.05, 3.63) is 48.0 Å². The fourth-order valence-corrected chi connectivity index (χ4v) is 1.64. The Hall–Kier alpha value is -2.17. The molecule has 0 aliphatic carbocycles. The summed E-state index contributed by atoms with van der Waals surface area (Å²) in [5, 5.41) is 7.02. The van der Waals surface area contributed by atoms with Crippen LogP contribution in [0.2, 0.25) is 0 Å². The summed E-state index contributed by atoms with van der Waals surface area (Å²) in [4.78, 5) is 15.9. The van der Waals surface area contributed by atoms with Gasteiger partial charge in [-0.15, -0.1) is 5.10 Å². The Morgan fingerprint density at radius 2 is 1.95 bits per heavy atom. The summed E-state index contributed by atoms with van der Waals surface area (Å²) in [5.41, 5.74) is 0.831. The first-order chi connectivity index (χ1) is 8.94. The van der Waals surface area contributed by atoms with E-state index in [4.69, 9.17) is 0 Å². The van der Waals surface area contributed by atoms with Crippen molar-refractivity contribution in [2.45, 2.75) is 32.9 Å². The Balaban J connectivity index is 2.05. The molecule has 2 rings (SSSR count). The zero-order valence-corrected chi connectivity index (χ0v) is 11.4. The van der Waals surface area contributed by atoms with Crippen LogP contribution >= 0.6 is 0 Å². The summed E-state index contributed by atoms with van der Waals surface area (Å²) in [6.07, 6.45) is 1.57. The molecule has 0 spiro atoms. The molecule has 0 aliphatic heterocycles. The normalized spacial score (nSPS) is 11.3. The standard InChI is InChI=1S/C14H18N4O/c1-14(2,3)16-13(19)12-15-10-18(17-12)9-11-7-5-4-6-8-11/h4-8,10H,9H2,1-3H3,(H,16,19). The van der Waals surface area contributed by atoms with Crippen LogP contribution in [-0.2, 0) is 6.54 Å². The molecular formula is C14H18N4O. The molecule has 0 atom stereocenters. The Kier molecular flexibility index (Phi) is 3.64. The van der Waals surface area contributed by atoms with Gasteiger partial charge in [0.15, 0.2) is 0 Å². The highest BCUT2D eigenvalue weighted by Gasteiger charge is 2.18. The third-order valence-corrected chi connectivity index (χ3v) is 2.42. The number of benzene rings is 1. The minimum Gasteiger partial charge on any atom is -0.345 e. The van der Waals surface area contributed by atoms with Gasteiger partial charge in [-0.05, 0) is 26.3 Å². The van der Waals surface area contributed by atoms with Gasteiger partial charge < -0.3 is 5.32 Å². The molecule has 0 unspecified atom stereocenters. The topological polar surface area (TPSA) is 59.8 Å². The number of hydrogen-bond acceptors (Lipinski definition) is 3. The van der Waals surface area contributed by atoms with E-state index in [0.29, 0.717) is 6.54 Å². The lowest BCUT2D eigenvalue weighted by molar-refractivity contribution is 0.0908.